The summed E-state index contributed by atoms with van der Waals surface area (Å²) in [6.07, 6.45) is 3.29. The van der Waals surface area contributed by atoms with E-state index in [0.29, 0.717) is 0 Å². The van der Waals surface area contributed by atoms with Gasteiger partial charge in [0.15, 0.2) is 3.92 Å². The van der Waals surface area contributed by atoms with Crippen molar-refractivity contribution in [3.63, 3.8) is 0 Å². The highest BCUT2D eigenvalue weighted by molar-refractivity contribution is 9.11. The lowest BCUT2D eigenvalue weighted by molar-refractivity contribution is 1.02. The summed E-state index contributed by atoms with van der Waals surface area (Å²) in [6, 6.07) is 1.85. The van der Waals surface area contributed by atoms with Gasteiger partial charge in [0.05, 0.1) is 12.4 Å². The maximum absolute atomic E-state index is 3.94. The number of nitrogens with zero attached hydrogens (tertiary/aromatic N) is 4. The van der Waals surface area contributed by atoms with Crippen LogP contribution < -0.4 is 0 Å². The summed E-state index contributed by atoms with van der Waals surface area (Å²) >= 11 is 4.71. The second-order valence-electron chi connectivity index (χ2n) is 1.99. The van der Waals surface area contributed by atoms with E-state index in [-0.39, 0.29) is 0 Å². The monoisotopic (exact) mass is 242 g/mol. The van der Waals surface area contributed by atoms with Crippen molar-refractivity contribution in [3.8, 4) is 10.6 Å². The Kier molecular flexibility index (Phi) is 2.09. The van der Waals surface area contributed by atoms with E-state index in [1.165, 1.54) is 11.3 Å². The summed E-state index contributed by atoms with van der Waals surface area (Å²) in [5.41, 5.74) is 0.938. The van der Waals surface area contributed by atoms with Gasteiger partial charge in [-0.1, -0.05) is 11.3 Å². The van der Waals surface area contributed by atoms with Crippen molar-refractivity contribution >= 4 is 27.3 Å². The van der Waals surface area contributed by atoms with Gasteiger partial charge in [-0.3, -0.25) is 0 Å². The average Bonchev–Trinajstić information content (AvgIpc) is 2.54. The first kappa shape index (κ1) is 7.75. The van der Waals surface area contributed by atoms with Crippen molar-refractivity contribution in [2.75, 3.05) is 0 Å². The van der Waals surface area contributed by atoms with Crippen molar-refractivity contribution in [1.82, 2.24) is 20.4 Å². The first-order valence-corrected chi connectivity index (χ1v) is 4.73. The second kappa shape index (κ2) is 3.24. The molecule has 12 heavy (non-hydrogen) atoms. The molecule has 0 atom stereocenters. The van der Waals surface area contributed by atoms with Crippen molar-refractivity contribution in [3.05, 3.63) is 22.4 Å². The van der Waals surface area contributed by atoms with Gasteiger partial charge in [0.1, 0.15) is 5.01 Å². The van der Waals surface area contributed by atoms with Gasteiger partial charge in [-0.05, 0) is 22.0 Å². The molecule has 0 saturated heterocycles. The molecule has 0 amide bonds. The van der Waals surface area contributed by atoms with Crippen LogP contribution in [0.1, 0.15) is 0 Å². The Morgan fingerprint density at radius 1 is 1.25 bits per heavy atom. The predicted octanol–water partition coefficient (Wildman–Crippen LogP) is 1.76. The van der Waals surface area contributed by atoms with Gasteiger partial charge < -0.3 is 0 Å². The van der Waals surface area contributed by atoms with Gasteiger partial charge in [-0.25, -0.2) is 0 Å². The lowest BCUT2D eigenvalue weighted by Crippen LogP contribution is -1.80. The summed E-state index contributed by atoms with van der Waals surface area (Å²) in [5, 5.41) is 16.0. The van der Waals surface area contributed by atoms with E-state index >= 15 is 0 Å². The van der Waals surface area contributed by atoms with Crippen LogP contribution in [-0.4, -0.2) is 20.4 Å². The number of rotatable bonds is 1. The molecule has 4 nitrogen and oxygen atoms in total. The number of hydrogen-bond donors (Lipinski definition) is 0. The fourth-order valence-corrected chi connectivity index (χ4v) is 1.84. The molecule has 0 saturated carbocycles. The number of aromatic nitrogens is 4. The Morgan fingerprint density at radius 2 is 2.17 bits per heavy atom. The van der Waals surface area contributed by atoms with Gasteiger partial charge in [0.25, 0.3) is 0 Å². The third-order valence-electron chi connectivity index (χ3n) is 1.23. The molecule has 0 spiro atoms. The topological polar surface area (TPSA) is 51.6 Å². The Balaban J connectivity index is 2.45. The minimum absolute atomic E-state index is 0.773. The first-order valence-electron chi connectivity index (χ1n) is 3.12. The molecule has 0 fully saturated rings. The van der Waals surface area contributed by atoms with Crippen LogP contribution in [0.25, 0.3) is 10.6 Å². The van der Waals surface area contributed by atoms with E-state index < -0.39 is 0 Å². The molecule has 2 aromatic rings. The molecular weight excluding hydrogens is 240 g/mol. The second-order valence-corrected chi connectivity index (χ2v) is 4.24. The largest absolute Gasteiger partial charge is 0.183 e. The SMILES string of the molecule is Brc1nnc(-c2ccnnc2)s1. The summed E-state index contributed by atoms with van der Waals surface area (Å²) < 4.78 is 0.773. The van der Waals surface area contributed by atoms with Gasteiger partial charge in [-0.15, -0.1) is 10.2 Å². The van der Waals surface area contributed by atoms with Crippen LogP contribution in [0, 0.1) is 0 Å². The highest BCUT2D eigenvalue weighted by Crippen LogP contribution is 2.24. The highest BCUT2D eigenvalue weighted by atomic mass is 79.9. The van der Waals surface area contributed by atoms with E-state index in [2.05, 4.69) is 36.3 Å². The van der Waals surface area contributed by atoms with Crippen molar-refractivity contribution in [2.45, 2.75) is 0 Å². The zero-order valence-electron chi connectivity index (χ0n) is 5.81. The maximum atomic E-state index is 3.94. The fraction of sp³-hybridized carbons (Fsp3) is 0. The van der Waals surface area contributed by atoms with Gasteiger partial charge >= 0.3 is 0 Å². The fourth-order valence-electron chi connectivity index (χ4n) is 0.739. The highest BCUT2D eigenvalue weighted by Gasteiger charge is 2.03. The normalized spacial score (nSPS) is 10.1. The van der Waals surface area contributed by atoms with E-state index in [1.807, 2.05) is 6.07 Å². The van der Waals surface area contributed by atoms with Crippen molar-refractivity contribution in [1.29, 1.82) is 0 Å². The Bertz CT molecular complexity index is 374. The number of halogens is 1. The third-order valence-corrected chi connectivity index (χ3v) is 2.64. The standard InChI is InChI=1S/C6H3BrN4S/c7-6-11-10-5(12-6)4-1-2-8-9-3-4/h1-3H. The van der Waals surface area contributed by atoms with Gasteiger partial charge in [-0.2, -0.15) is 10.2 Å². The Morgan fingerprint density at radius 3 is 2.75 bits per heavy atom. The van der Waals surface area contributed by atoms with Crippen LogP contribution in [0.4, 0.5) is 0 Å². The first-order chi connectivity index (χ1) is 5.86. The molecule has 0 aliphatic rings. The third kappa shape index (κ3) is 1.49. The summed E-state index contributed by atoms with van der Waals surface area (Å²) in [4.78, 5) is 0. The molecule has 0 unspecified atom stereocenters. The van der Waals surface area contributed by atoms with Crippen LogP contribution in [0.15, 0.2) is 22.4 Å². The molecule has 0 bridgehead atoms. The summed E-state index contributed by atoms with van der Waals surface area (Å²) in [5.74, 6) is 0. The predicted molar refractivity (Wildman–Crippen MR) is 48.6 cm³/mol. The van der Waals surface area contributed by atoms with E-state index in [1.54, 1.807) is 12.4 Å². The lowest BCUT2D eigenvalue weighted by atomic mass is 10.3. The van der Waals surface area contributed by atoms with E-state index in [4.69, 9.17) is 0 Å². The molecule has 0 aliphatic carbocycles. The van der Waals surface area contributed by atoms with Crippen LogP contribution in [-0.2, 0) is 0 Å². The van der Waals surface area contributed by atoms with Crippen LogP contribution in [0.5, 0.6) is 0 Å². The zero-order valence-corrected chi connectivity index (χ0v) is 8.21. The van der Waals surface area contributed by atoms with Crippen LogP contribution in [0.3, 0.4) is 0 Å². The van der Waals surface area contributed by atoms with Crippen LogP contribution >= 0.6 is 27.3 Å². The lowest BCUT2D eigenvalue weighted by Gasteiger charge is -1.89. The molecule has 6 heteroatoms. The molecule has 0 N–H and O–H groups in total. The molecule has 0 radical (unpaired) electrons. The van der Waals surface area contributed by atoms with E-state index in [9.17, 15) is 0 Å². The average molecular weight is 243 g/mol. The van der Waals surface area contributed by atoms with Crippen LogP contribution in [0.2, 0.25) is 0 Å². The summed E-state index contributed by atoms with van der Waals surface area (Å²) in [6.45, 7) is 0. The molecule has 60 valence electrons. The zero-order chi connectivity index (χ0) is 8.39. The summed E-state index contributed by atoms with van der Waals surface area (Å²) in [7, 11) is 0. The minimum Gasteiger partial charge on any atom is -0.159 e. The molecular formula is C6H3BrN4S. The Hall–Kier alpha value is -0.880. The molecule has 0 aliphatic heterocycles. The molecule has 0 aromatic carbocycles. The van der Waals surface area contributed by atoms with E-state index in [0.717, 1.165) is 14.5 Å². The Labute approximate surface area is 80.8 Å². The quantitative estimate of drug-likeness (QED) is 0.765. The minimum atomic E-state index is 0.773. The number of hydrogen-bond acceptors (Lipinski definition) is 5. The molecule has 2 heterocycles. The van der Waals surface area contributed by atoms with Gasteiger partial charge in [0.2, 0.25) is 0 Å². The smallest absolute Gasteiger partial charge is 0.159 e. The molecule has 2 aromatic heterocycles. The molecule has 2 rings (SSSR count). The van der Waals surface area contributed by atoms with Crippen molar-refractivity contribution in [2.24, 2.45) is 0 Å². The maximum Gasteiger partial charge on any atom is 0.183 e. The van der Waals surface area contributed by atoms with Gasteiger partial charge in [0, 0.05) is 5.56 Å². The van der Waals surface area contributed by atoms with Crippen molar-refractivity contribution < 1.29 is 0 Å².